The van der Waals surface area contributed by atoms with Gasteiger partial charge in [0.15, 0.2) is 0 Å². The number of carbonyl (C=O) groups is 3. The Balaban J connectivity index is 1.50. The Hall–Kier alpha value is -4.13. The molecule has 0 atom stereocenters. The second-order valence-electron chi connectivity index (χ2n) is 8.73. The van der Waals surface area contributed by atoms with Gasteiger partial charge in [-0.1, -0.05) is 54.6 Å². The van der Waals surface area contributed by atoms with Crippen LogP contribution in [0.15, 0.2) is 78.9 Å². The molecule has 3 amide bonds. The molecule has 0 aromatic heterocycles. The number of alkyl carbamates (subject to hydrolysis) is 1. The van der Waals surface area contributed by atoms with E-state index in [-0.39, 0.29) is 24.9 Å². The van der Waals surface area contributed by atoms with Crippen LogP contribution < -0.4 is 16.0 Å². The van der Waals surface area contributed by atoms with Crippen LogP contribution in [-0.4, -0.2) is 30.1 Å². The van der Waals surface area contributed by atoms with E-state index >= 15 is 0 Å². The summed E-state index contributed by atoms with van der Waals surface area (Å²) in [5, 5.41) is 8.03. The smallest absolute Gasteiger partial charge is 0.408 e. The zero-order chi connectivity index (χ0) is 24.6. The topological polar surface area (TPSA) is 96.5 Å². The third-order valence-corrected chi connectivity index (χ3v) is 4.72. The lowest BCUT2D eigenvalue weighted by atomic mass is 10.0. The standard InChI is InChI=1S/C27H29N3O4/c1-27(2,3)34-26(33)29-18-24(31)28-17-19-8-7-11-23(16-19)30-25(32)22-14-12-21(13-15-22)20-9-5-4-6-10-20/h4-16H,17-18H2,1-3H3,(H,28,31)(H,29,33)(H,30,32). The number of nitrogens with one attached hydrogen (secondary N) is 3. The predicted molar refractivity (Wildman–Crippen MR) is 132 cm³/mol. The Morgan fingerprint density at radius 1 is 0.794 bits per heavy atom. The highest BCUT2D eigenvalue weighted by Gasteiger charge is 2.16. The largest absolute Gasteiger partial charge is 0.444 e. The number of amides is 3. The first kappa shape index (κ1) is 24.5. The van der Waals surface area contributed by atoms with Crippen molar-refractivity contribution in [1.29, 1.82) is 0 Å². The van der Waals surface area contributed by atoms with Crippen molar-refractivity contribution < 1.29 is 19.1 Å². The molecule has 0 spiro atoms. The van der Waals surface area contributed by atoms with Gasteiger partial charge < -0.3 is 20.7 Å². The number of hydrogen-bond donors (Lipinski definition) is 3. The third kappa shape index (κ3) is 7.78. The lowest BCUT2D eigenvalue weighted by molar-refractivity contribution is -0.120. The van der Waals surface area contributed by atoms with Crippen LogP contribution in [-0.2, 0) is 16.1 Å². The van der Waals surface area contributed by atoms with Gasteiger partial charge in [-0.3, -0.25) is 9.59 Å². The molecule has 34 heavy (non-hydrogen) atoms. The fraction of sp³-hybridized carbons (Fsp3) is 0.222. The van der Waals surface area contributed by atoms with Crippen molar-refractivity contribution in [2.75, 3.05) is 11.9 Å². The van der Waals surface area contributed by atoms with Crippen LogP contribution in [0.2, 0.25) is 0 Å². The van der Waals surface area contributed by atoms with E-state index in [4.69, 9.17) is 4.74 Å². The molecule has 0 aliphatic carbocycles. The van der Waals surface area contributed by atoms with Crippen molar-refractivity contribution in [2.24, 2.45) is 0 Å². The van der Waals surface area contributed by atoms with Gasteiger partial charge in [-0.25, -0.2) is 4.79 Å². The molecule has 0 fully saturated rings. The van der Waals surface area contributed by atoms with Crippen LogP contribution >= 0.6 is 0 Å². The maximum absolute atomic E-state index is 12.7. The van der Waals surface area contributed by atoms with Crippen molar-refractivity contribution in [2.45, 2.75) is 32.9 Å². The number of hydrogen-bond acceptors (Lipinski definition) is 4. The number of benzene rings is 3. The lowest BCUT2D eigenvalue weighted by Gasteiger charge is -2.19. The molecule has 3 rings (SSSR count). The molecule has 3 aromatic carbocycles. The fourth-order valence-electron chi connectivity index (χ4n) is 3.14. The summed E-state index contributed by atoms with van der Waals surface area (Å²) in [5.74, 6) is -0.568. The summed E-state index contributed by atoms with van der Waals surface area (Å²) in [7, 11) is 0. The number of carbonyl (C=O) groups excluding carboxylic acids is 3. The predicted octanol–water partition coefficient (Wildman–Crippen LogP) is 4.75. The van der Waals surface area contributed by atoms with Crippen molar-refractivity contribution in [3.8, 4) is 11.1 Å². The zero-order valence-electron chi connectivity index (χ0n) is 19.6. The van der Waals surface area contributed by atoms with Gasteiger partial charge in [-0.2, -0.15) is 0 Å². The van der Waals surface area contributed by atoms with Crippen LogP contribution in [0.3, 0.4) is 0 Å². The van der Waals surface area contributed by atoms with Gasteiger partial charge in [-0.15, -0.1) is 0 Å². The second-order valence-corrected chi connectivity index (χ2v) is 8.73. The highest BCUT2D eigenvalue weighted by atomic mass is 16.6. The second kappa shape index (κ2) is 11.1. The van der Waals surface area contributed by atoms with Crippen molar-refractivity contribution in [3.63, 3.8) is 0 Å². The molecule has 0 saturated carbocycles. The summed E-state index contributed by atoms with van der Waals surface area (Å²) in [6, 6.07) is 24.6. The first-order valence-corrected chi connectivity index (χ1v) is 11.0. The maximum Gasteiger partial charge on any atom is 0.408 e. The van der Waals surface area contributed by atoms with E-state index in [0.717, 1.165) is 16.7 Å². The van der Waals surface area contributed by atoms with Gasteiger partial charge in [0.25, 0.3) is 5.91 Å². The molecule has 0 aliphatic heterocycles. The highest BCUT2D eigenvalue weighted by molar-refractivity contribution is 6.04. The first-order chi connectivity index (χ1) is 16.2. The molecule has 3 N–H and O–H groups in total. The summed E-state index contributed by atoms with van der Waals surface area (Å²) in [4.78, 5) is 36.3. The zero-order valence-corrected chi connectivity index (χ0v) is 19.6. The van der Waals surface area contributed by atoms with Crippen molar-refractivity contribution >= 4 is 23.6 Å². The average Bonchev–Trinajstić information content (AvgIpc) is 2.81. The summed E-state index contributed by atoms with van der Waals surface area (Å²) in [6.07, 6.45) is -0.649. The fourth-order valence-corrected chi connectivity index (χ4v) is 3.14. The van der Waals surface area contributed by atoms with Crippen molar-refractivity contribution in [1.82, 2.24) is 10.6 Å². The molecule has 7 heteroatoms. The van der Waals surface area contributed by atoms with Gasteiger partial charge in [0.1, 0.15) is 12.1 Å². The lowest BCUT2D eigenvalue weighted by Crippen LogP contribution is -2.39. The maximum atomic E-state index is 12.7. The molecule has 0 heterocycles. The first-order valence-electron chi connectivity index (χ1n) is 11.0. The summed E-state index contributed by atoms with van der Waals surface area (Å²) in [5.41, 5.74) is 3.47. The van der Waals surface area contributed by atoms with E-state index < -0.39 is 11.7 Å². The van der Waals surface area contributed by atoms with E-state index in [1.54, 1.807) is 51.1 Å². The number of ether oxygens (including phenoxy) is 1. The quantitative estimate of drug-likeness (QED) is 0.475. The Labute approximate surface area is 199 Å². The Morgan fingerprint density at radius 2 is 1.47 bits per heavy atom. The monoisotopic (exact) mass is 459 g/mol. The summed E-state index contributed by atoms with van der Waals surface area (Å²) in [6.45, 7) is 5.31. The van der Waals surface area contributed by atoms with Crippen molar-refractivity contribution in [3.05, 3.63) is 90.0 Å². The minimum absolute atomic E-state index is 0.190. The van der Waals surface area contributed by atoms with Gasteiger partial charge >= 0.3 is 6.09 Å². The number of anilines is 1. The molecule has 0 aliphatic rings. The average molecular weight is 460 g/mol. The minimum Gasteiger partial charge on any atom is -0.444 e. The van der Waals surface area contributed by atoms with Crippen LogP contribution in [0.5, 0.6) is 0 Å². The number of rotatable bonds is 7. The van der Waals surface area contributed by atoms with Crippen LogP contribution in [0.1, 0.15) is 36.7 Å². The van der Waals surface area contributed by atoms with E-state index in [1.165, 1.54) is 0 Å². The molecule has 176 valence electrons. The Kier molecular flexibility index (Phi) is 8.03. The molecule has 3 aromatic rings. The van der Waals surface area contributed by atoms with Gasteiger partial charge in [0, 0.05) is 17.8 Å². The Morgan fingerprint density at radius 3 is 2.15 bits per heavy atom. The van der Waals surface area contributed by atoms with Gasteiger partial charge in [0.05, 0.1) is 0 Å². The molecule has 0 saturated heterocycles. The van der Waals surface area contributed by atoms with Crippen LogP contribution in [0.4, 0.5) is 10.5 Å². The molecular formula is C27H29N3O4. The van der Waals surface area contributed by atoms with Crippen LogP contribution in [0.25, 0.3) is 11.1 Å². The molecule has 0 radical (unpaired) electrons. The van der Waals surface area contributed by atoms with Gasteiger partial charge in [-0.05, 0) is 61.7 Å². The normalized spacial score (nSPS) is 10.8. The molecular weight excluding hydrogens is 430 g/mol. The molecule has 0 bridgehead atoms. The van der Waals surface area contributed by atoms with E-state index in [9.17, 15) is 14.4 Å². The van der Waals surface area contributed by atoms with E-state index in [0.29, 0.717) is 11.3 Å². The van der Waals surface area contributed by atoms with E-state index in [1.807, 2.05) is 48.5 Å². The minimum atomic E-state index is -0.649. The third-order valence-electron chi connectivity index (χ3n) is 4.72. The molecule has 7 nitrogen and oxygen atoms in total. The van der Waals surface area contributed by atoms with Gasteiger partial charge in [0.2, 0.25) is 5.91 Å². The highest BCUT2D eigenvalue weighted by Crippen LogP contribution is 2.20. The Bertz CT molecular complexity index is 1140. The molecule has 0 unspecified atom stereocenters. The van der Waals surface area contributed by atoms with Crippen LogP contribution in [0, 0.1) is 0 Å². The summed E-state index contributed by atoms with van der Waals surface area (Å²) < 4.78 is 5.10. The SMILES string of the molecule is CC(C)(C)OC(=O)NCC(=O)NCc1cccc(NC(=O)c2ccc(-c3ccccc3)cc2)c1. The summed E-state index contributed by atoms with van der Waals surface area (Å²) >= 11 is 0. The van der Waals surface area contributed by atoms with E-state index in [2.05, 4.69) is 16.0 Å².